The zero-order valence-corrected chi connectivity index (χ0v) is 14.9. The normalized spacial score (nSPS) is 11.5. The van der Waals surface area contributed by atoms with Gasteiger partial charge in [-0.1, -0.05) is 77.1 Å². The average molecular weight is 298 g/mol. The lowest BCUT2D eigenvalue weighted by atomic mass is 9.71. The molecule has 0 spiro atoms. The van der Waals surface area contributed by atoms with Crippen molar-refractivity contribution in [3.05, 3.63) is 65.7 Å². The number of aryl methyl sites for hydroxylation is 1. The van der Waals surface area contributed by atoms with Crippen molar-refractivity contribution in [2.45, 2.75) is 53.4 Å². The Balaban J connectivity index is 0.000000287. The fourth-order valence-corrected chi connectivity index (χ4v) is 3.18. The van der Waals surface area contributed by atoms with E-state index in [0.29, 0.717) is 11.2 Å². The van der Waals surface area contributed by atoms with Gasteiger partial charge in [0.15, 0.2) is 0 Å². The monoisotopic (exact) mass is 298 g/mol. The molecule has 2 rings (SSSR count). The molecule has 22 heavy (non-hydrogen) atoms. The molecule has 2 aromatic carbocycles. The molecule has 0 aliphatic rings. The molecule has 0 saturated heterocycles. The van der Waals surface area contributed by atoms with E-state index >= 15 is 0 Å². The summed E-state index contributed by atoms with van der Waals surface area (Å²) < 4.78 is 0. The quantitative estimate of drug-likeness (QED) is 0.710. The van der Waals surface area contributed by atoms with Crippen molar-refractivity contribution in [3.8, 4) is 5.75 Å². The SMILES string of the molecule is Cc1ccccc1C(C)(C)CC(C)(C)C.Oc1ccccc1. The molecule has 1 nitrogen and oxygen atoms in total. The average Bonchev–Trinajstić information content (AvgIpc) is 2.38. The van der Waals surface area contributed by atoms with E-state index in [9.17, 15) is 0 Å². The van der Waals surface area contributed by atoms with Crippen LogP contribution >= 0.6 is 0 Å². The van der Waals surface area contributed by atoms with Crippen molar-refractivity contribution in [1.82, 2.24) is 0 Å². The van der Waals surface area contributed by atoms with E-state index in [1.54, 1.807) is 24.3 Å². The van der Waals surface area contributed by atoms with Crippen LogP contribution in [0.3, 0.4) is 0 Å². The van der Waals surface area contributed by atoms with Crippen molar-refractivity contribution < 1.29 is 5.11 Å². The van der Waals surface area contributed by atoms with Crippen LogP contribution in [0.15, 0.2) is 54.6 Å². The maximum atomic E-state index is 8.63. The summed E-state index contributed by atoms with van der Waals surface area (Å²) >= 11 is 0. The number of para-hydroxylation sites is 1. The number of rotatable bonds is 2. The van der Waals surface area contributed by atoms with E-state index in [-0.39, 0.29) is 5.41 Å². The molecule has 0 saturated carbocycles. The molecule has 0 heterocycles. The molecule has 1 heteroatoms. The van der Waals surface area contributed by atoms with E-state index in [4.69, 9.17) is 5.11 Å². The first-order valence-electron chi connectivity index (χ1n) is 7.92. The van der Waals surface area contributed by atoms with Crippen LogP contribution < -0.4 is 0 Å². The molecule has 0 unspecified atom stereocenters. The van der Waals surface area contributed by atoms with E-state index in [0.717, 1.165) is 0 Å². The fraction of sp³-hybridized carbons (Fsp3) is 0.429. The van der Waals surface area contributed by atoms with Crippen molar-refractivity contribution >= 4 is 0 Å². The highest BCUT2D eigenvalue weighted by atomic mass is 16.3. The number of phenols is 1. The lowest BCUT2D eigenvalue weighted by molar-refractivity contribution is 0.283. The van der Waals surface area contributed by atoms with E-state index < -0.39 is 0 Å². The second-order valence-corrected chi connectivity index (χ2v) is 7.77. The molecule has 0 bridgehead atoms. The summed E-state index contributed by atoms with van der Waals surface area (Å²) in [6.07, 6.45) is 1.21. The van der Waals surface area contributed by atoms with Crippen LogP contribution in [0.25, 0.3) is 0 Å². The van der Waals surface area contributed by atoms with Crippen molar-refractivity contribution in [3.63, 3.8) is 0 Å². The topological polar surface area (TPSA) is 20.2 Å². The third-order valence-corrected chi connectivity index (χ3v) is 3.60. The lowest BCUT2D eigenvalue weighted by Gasteiger charge is -2.34. The van der Waals surface area contributed by atoms with Gasteiger partial charge in [0.1, 0.15) is 5.75 Å². The van der Waals surface area contributed by atoms with Crippen molar-refractivity contribution in [1.29, 1.82) is 0 Å². The minimum Gasteiger partial charge on any atom is -0.508 e. The molecule has 0 amide bonds. The third kappa shape index (κ3) is 6.34. The molecule has 120 valence electrons. The molecule has 0 aromatic heterocycles. The van der Waals surface area contributed by atoms with Crippen LogP contribution in [0.5, 0.6) is 5.75 Å². The van der Waals surface area contributed by atoms with Gasteiger partial charge in [-0.15, -0.1) is 0 Å². The van der Waals surface area contributed by atoms with Crippen molar-refractivity contribution in [2.24, 2.45) is 5.41 Å². The third-order valence-electron chi connectivity index (χ3n) is 3.60. The first-order chi connectivity index (χ1) is 10.1. The van der Waals surface area contributed by atoms with Gasteiger partial charge in [0.25, 0.3) is 0 Å². The molecule has 1 N–H and O–H groups in total. The van der Waals surface area contributed by atoms with E-state index in [2.05, 4.69) is 65.8 Å². The van der Waals surface area contributed by atoms with Gasteiger partial charge in [0.05, 0.1) is 0 Å². The van der Waals surface area contributed by atoms with Crippen molar-refractivity contribution in [2.75, 3.05) is 0 Å². The standard InChI is InChI=1S/C15H24.C6H6O/c1-12-9-7-8-10-13(12)15(5,6)11-14(2,3)4;7-6-4-2-1-3-5-6/h7-10H,11H2,1-6H3;1-5,7H. The van der Waals surface area contributed by atoms with Gasteiger partial charge in [0, 0.05) is 0 Å². The number of benzene rings is 2. The van der Waals surface area contributed by atoms with Gasteiger partial charge in [-0.05, 0) is 47.4 Å². The van der Waals surface area contributed by atoms with Gasteiger partial charge in [-0.2, -0.15) is 0 Å². The maximum Gasteiger partial charge on any atom is 0.115 e. The van der Waals surface area contributed by atoms with Gasteiger partial charge >= 0.3 is 0 Å². The van der Waals surface area contributed by atoms with Crippen LogP contribution in [-0.4, -0.2) is 5.11 Å². The van der Waals surface area contributed by atoms with E-state index in [1.165, 1.54) is 17.5 Å². The molecule has 0 aliphatic heterocycles. The van der Waals surface area contributed by atoms with Crippen LogP contribution in [0.1, 0.15) is 52.2 Å². The Bertz CT molecular complexity index is 562. The smallest absolute Gasteiger partial charge is 0.115 e. The second-order valence-electron chi connectivity index (χ2n) is 7.77. The number of hydrogen-bond donors (Lipinski definition) is 1. The number of aromatic hydroxyl groups is 1. The molecule has 0 aliphatic carbocycles. The Morgan fingerprint density at radius 3 is 1.68 bits per heavy atom. The molecular weight excluding hydrogens is 268 g/mol. The minimum atomic E-state index is 0.267. The highest BCUT2D eigenvalue weighted by Crippen LogP contribution is 2.37. The fourth-order valence-electron chi connectivity index (χ4n) is 3.18. The summed E-state index contributed by atoms with van der Waals surface area (Å²) in [4.78, 5) is 0. The molecule has 0 radical (unpaired) electrons. The van der Waals surface area contributed by atoms with Gasteiger partial charge in [-0.25, -0.2) is 0 Å². The second kappa shape index (κ2) is 7.49. The molecule has 0 atom stereocenters. The summed E-state index contributed by atoms with van der Waals surface area (Å²) in [5.41, 5.74) is 3.54. The Morgan fingerprint density at radius 2 is 1.27 bits per heavy atom. The highest BCUT2D eigenvalue weighted by Gasteiger charge is 2.27. The summed E-state index contributed by atoms with van der Waals surface area (Å²) in [6, 6.07) is 17.4. The Labute approximate surface area is 136 Å². The molecule has 2 aromatic rings. The number of hydrogen-bond acceptors (Lipinski definition) is 1. The van der Waals surface area contributed by atoms with Gasteiger partial charge < -0.3 is 5.11 Å². The minimum absolute atomic E-state index is 0.267. The predicted molar refractivity (Wildman–Crippen MR) is 96.4 cm³/mol. The van der Waals surface area contributed by atoms with Crippen LogP contribution in [0.2, 0.25) is 0 Å². The van der Waals surface area contributed by atoms with Crippen LogP contribution in [0, 0.1) is 12.3 Å². The Kier molecular flexibility index (Phi) is 6.22. The van der Waals surface area contributed by atoms with Gasteiger partial charge in [0.2, 0.25) is 0 Å². The molecule has 0 fully saturated rings. The Morgan fingerprint density at radius 1 is 0.773 bits per heavy atom. The summed E-state index contributed by atoms with van der Waals surface area (Å²) in [6.45, 7) is 13.8. The largest absolute Gasteiger partial charge is 0.508 e. The predicted octanol–water partition coefficient (Wildman–Crippen LogP) is 6.10. The maximum absolute atomic E-state index is 8.63. The molecular formula is C21H30O. The van der Waals surface area contributed by atoms with Gasteiger partial charge in [-0.3, -0.25) is 0 Å². The van der Waals surface area contributed by atoms with E-state index in [1.807, 2.05) is 6.07 Å². The number of phenolic OH excluding ortho intramolecular Hbond substituents is 1. The highest BCUT2D eigenvalue weighted by molar-refractivity contribution is 5.32. The first kappa shape index (κ1) is 18.3. The zero-order valence-electron chi connectivity index (χ0n) is 14.9. The zero-order chi connectivity index (χ0) is 16.8. The lowest BCUT2D eigenvalue weighted by Crippen LogP contribution is -2.25. The summed E-state index contributed by atoms with van der Waals surface area (Å²) in [7, 11) is 0. The Hall–Kier alpha value is -1.76. The first-order valence-corrected chi connectivity index (χ1v) is 7.92. The summed E-state index contributed by atoms with van der Waals surface area (Å²) in [5.74, 6) is 0.322. The summed E-state index contributed by atoms with van der Waals surface area (Å²) in [5, 5.41) is 8.63. The van der Waals surface area contributed by atoms with Crippen LogP contribution in [-0.2, 0) is 5.41 Å². The van der Waals surface area contributed by atoms with Crippen LogP contribution in [0.4, 0.5) is 0 Å².